The van der Waals surface area contributed by atoms with Crippen molar-refractivity contribution in [3.8, 4) is 11.4 Å². The van der Waals surface area contributed by atoms with Gasteiger partial charge in [0.1, 0.15) is 0 Å². The molecule has 0 aliphatic heterocycles. The van der Waals surface area contributed by atoms with E-state index in [9.17, 15) is 18.0 Å². The van der Waals surface area contributed by atoms with Gasteiger partial charge in [-0.05, 0) is 35.6 Å². The van der Waals surface area contributed by atoms with Crippen LogP contribution in [0.1, 0.15) is 44.4 Å². The Morgan fingerprint density at radius 2 is 1.65 bits per heavy atom. The summed E-state index contributed by atoms with van der Waals surface area (Å²) in [5.74, 6) is 0.423. The van der Waals surface area contributed by atoms with Crippen molar-refractivity contribution in [1.82, 2.24) is 20.2 Å². The Morgan fingerprint density at radius 1 is 1.03 bits per heavy atom. The smallest absolute Gasteiger partial charge is 0.302 e. The maximum Gasteiger partial charge on any atom is 0.416 e. The van der Waals surface area contributed by atoms with Gasteiger partial charge >= 0.3 is 6.18 Å². The number of alkyl halides is 3. The van der Waals surface area contributed by atoms with Gasteiger partial charge in [0.25, 0.3) is 5.91 Å². The molecule has 6 nitrogen and oxygen atoms in total. The maximum atomic E-state index is 12.6. The SMILES string of the molecule is CCn1c(SCC(=O)NN=Cc2ccc(C(F)(F)F)cc2)nnc1-c1ccc(C(C)(C)C)cc1. The fraction of sp³-hybridized carbons (Fsp3) is 0.333. The van der Waals surface area contributed by atoms with Gasteiger partial charge in [-0.25, -0.2) is 5.43 Å². The van der Waals surface area contributed by atoms with Gasteiger partial charge in [-0.15, -0.1) is 10.2 Å². The maximum absolute atomic E-state index is 12.6. The van der Waals surface area contributed by atoms with Crippen LogP contribution in [0.25, 0.3) is 11.4 Å². The van der Waals surface area contributed by atoms with Crippen LogP contribution in [0.15, 0.2) is 58.8 Å². The minimum Gasteiger partial charge on any atom is -0.302 e. The quantitative estimate of drug-likeness (QED) is 0.269. The molecule has 1 amide bonds. The molecule has 180 valence electrons. The Bertz CT molecular complexity index is 1150. The molecule has 1 aromatic heterocycles. The van der Waals surface area contributed by atoms with Crippen LogP contribution in [0.3, 0.4) is 0 Å². The van der Waals surface area contributed by atoms with E-state index in [1.807, 2.05) is 23.6 Å². The van der Waals surface area contributed by atoms with Crippen LogP contribution < -0.4 is 5.43 Å². The third kappa shape index (κ3) is 6.47. The molecule has 0 aliphatic rings. The van der Waals surface area contributed by atoms with Gasteiger partial charge in [0, 0.05) is 12.1 Å². The number of hydrazone groups is 1. The van der Waals surface area contributed by atoms with Crippen molar-refractivity contribution in [2.24, 2.45) is 5.10 Å². The fourth-order valence-corrected chi connectivity index (χ4v) is 3.91. The average molecular weight is 490 g/mol. The van der Waals surface area contributed by atoms with Crippen molar-refractivity contribution in [3.63, 3.8) is 0 Å². The van der Waals surface area contributed by atoms with Crippen molar-refractivity contribution >= 4 is 23.9 Å². The number of hydrogen-bond acceptors (Lipinski definition) is 5. The summed E-state index contributed by atoms with van der Waals surface area (Å²) in [5.41, 5.74) is 4.29. The molecular formula is C24H26F3N5OS. The molecule has 0 saturated heterocycles. The molecule has 3 aromatic rings. The van der Waals surface area contributed by atoms with Crippen LogP contribution in [-0.2, 0) is 22.9 Å². The second-order valence-corrected chi connectivity index (χ2v) is 9.52. The lowest BCUT2D eigenvalue weighted by Gasteiger charge is -2.19. The lowest BCUT2D eigenvalue weighted by molar-refractivity contribution is -0.137. The number of aromatic nitrogens is 3. The predicted molar refractivity (Wildman–Crippen MR) is 128 cm³/mol. The third-order valence-corrected chi connectivity index (χ3v) is 5.98. The summed E-state index contributed by atoms with van der Waals surface area (Å²) in [4.78, 5) is 12.1. The monoisotopic (exact) mass is 489 g/mol. The van der Waals surface area contributed by atoms with Crippen molar-refractivity contribution < 1.29 is 18.0 Å². The molecule has 34 heavy (non-hydrogen) atoms. The number of rotatable bonds is 7. The van der Waals surface area contributed by atoms with Gasteiger partial charge in [-0.2, -0.15) is 18.3 Å². The van der Waals surface area contributed by atoms with Crippen LogP contribution >= 0.6 is 11.8 Å². The van der Waals surface area contributed by atoms with Crippen LogP contribution in [-0.4, -0.2) is 32.6 Å². The molecule has 3 rings (SSSR count). The van der Waals surface area contributed by atoms with Gasteiger partial charge in [-0.3, -0.25) is 4.79 Å². The highest BCUT2D eigenvalue weighted by Crippen LogP contribution is 2.29. The number of carbonyl (C=O) groups is 1. The Kier molecular flexibility index (Phi) is 7.81. The number of amides is 1. The molecule has 0 radical (unpaired) electrons. The molecule has 0 bridgehead atoms. The van der Waals surface area contributed by atoms with Gasteiger partial charge in [0.05, 0.1) is 17.5 Å². The van der Waals surface area contributed by atoms with Crippen LogP contribution in [0.5, 0.6) is 0 Å². The third-order valence-electron chi connectivity index (χ3n) is 5.02. The summed E-state index contributed by atoms with van der Waals surface area (Å²) in [6.07, 6.45) is -3.10. The molecule has 0 saturated carbocycles. The zero-order valence-electron chi connectivity index (χ0n) is 19.3. The number of thioether (sulfide) groups is 1. The molecule has 0 fully saturated rings. The fourth-order valence-electron chi connectivity index (χ4n) is 3.11. The Morgan fingerprint density at radius 3 is 2.21 bits per heavy atom. The molecule has 0 unspecified atom stereocenters. The van der Waals surface area contributed by atoms with E-state index in [2.05, 4.69) is 53.6 Å². The number of benzene rings is 2. The highest BCUT2D eigenvalue weighted by Gasteiger charge is 2.29. The first-order chi connectivity index (χ1) is 16.0. The minimum atomic E-state index is -4.39. The van der Waals surface area contributed by atoms with E-state index in [1.165, 1.54) is 35.7 Å². The summed E-state index contributed by atoms with van der Waals surface area (Å²) in [7, 11) is 0. The highest BCUT2D eigenvalue weighted by molar-refractivity contribution is 7.99. The number of halogens is 3. The second kappa shape index (κ2) is 10.4. The van der Waals surface area contributed by atoms with Gasteiger partial charge < -0.3 is 4.57 Å². The van der Waals surface area contributed by atoms with Crippen molar-refractivity contribution in [2.75, 3.05) is 5.75 Å². The minimum absolute atomic E-state index is 0.0559. The van der Waals surface area contributed by atoms with Crippen LogP contribution in [0.4, 0.5) is 13.2 Å². The molecule has 0 atom stereocenters. The summed E-state index contributed by atoms with van der Waals surface area (Å²) in [6.45, 7) is 9.09. The van der Waals surface area contributed by atoms with E-state index in [-0.39, 0.29) is 17.1 Å². The van der Waals surface area contributed by atoms with E-state index in [0.717, 1.165) is 23.5 Å². The van der Waals surface area contributed by atoms with E-state index in [0.29, 0.717) is 17.3 Å². The van der Waals surface area contributed by atoms with Crippen LogP contribution in [0.2, 0.25) is 0 Å². The van der Waals surface area contributed by atoms with E-state index in [1.54, 1.807) is 0 Å². The largest absolute Gasteiger partial charge is 0.416 e. The normalized spacial score (nSPS) is 12.3. The molecule has 10 heteroatoms. The molecule has 1 heterocycles. The first kappa shape index (κ1) is 25.5. The average Bonchev–Trinajstić information content (AvgIpc) is 3.20. The van der Waals surface area contributed by atoms with Crippen molar-refractivity contribution in [1.29, 1.82) is 0 Å². The van der Waals surface area contributed by atoms with E-state index >= 15 is 0 Å². The zero-order chi connectivity index (χ0) is 24.9. The van der Waals surface area contributed by atoms with Gasteiger partial charge in [0.2, 0.25) is 0 Å². The summed E-state index contributed by atoms with van der Waals surface area (Å²) >= 11 is 1.23. The Hall–Kier alpha value is -3.14. The standard InChI is InChI=1S/C24H26F3N5OS/c1-5-32-21(17-8-12-18(13-9-17)23(2,3)4)30-31-22(32)34-15-20(33)29-28-14-16-6-10-19(11-7-16)24(25,26)27/h6-14H,5,15H2,1-4H3,(H,29,33). The number of hydrogen-bond donors (Lipinski definition) is 1. The first-order valence-electron chi connectivity index (χ1n) is 10.6. The Balaban J connectivity index is 1.58. The molecule has 0 spiro atoms. The topological polar surface area (TPSA) is 72.2 Å². The Labute approximate surface area is 200 Å². The van der Waals surface area contributed by atoms with Crippen molar-refractivity contribution in [3.05, 3.63) is 65.2 Å². The summed E-state index contributed by atoms with van der Waals surface area (Å²) < 4.78 is 39.8. The lowest BCUT2D eigenvalue weighted by Crippen LogP contribution is -2.20. The highest BCUT2D eigenvalue weighted by atomic mass is 32.2. The lowest BCUT2D eigenvalue weighted by atomic mass is 9.87. The number of nitrogens with zero attached hydrogens (tertiary/aromatic N) is 4. The van der Waals surface area contributed by atoms with E-state index in [4.69, 9.17) is 0 Å². The first-order valence-corrected chi connectivity index (χ1v) is 11.6. The summed E-state index contributed by atoms with van der Waals surface area (Å²) in [6, 6.07) is 12.7. The van der Waals surface area contributed by atoms with Crippen molar-refractivity contribution in [2.45, 2.75) is 51.0 Å². The summed E-state index contributed by atoms with van der Waals surface area (Å²) in [5, 5.41) is 12.9. The number of carbonyl (C=O) groups excluding carboxylic acids is 1. The van der Waals surface area contributed by atoms with E-state index < -0.39 is 11.7 Å². The van der Waals surface area contributed by atoms with Crippen LogP contribution in [0, 0.1) is 0 Å². The number of nitrogens with one attached hydrogen (secondary N) is 1. The molecule has 1 N–H and O–H groups in total. The molecule has 2 aromatic carbocycles. The zero-order valence-corrected chi connectivity index (χ0v) is 20.2. The predicted octanol–water partition coefficient (Wildman–Crippen LogP) is 5.52. The molecule has 0 aliphatic carbocycles. The van der Waals surface area contributed by atoms with Gasteiger partial charge in [0.15, 0.2) is 11.0 Å². The second-order valence-electron chi connectivity index (χ2n) is 8.58. The molecular weight excluding hydrogens is 463 g/mol. The van der Waals surface area contributed by atoms with Gasteiger partial charge in [-0.1, -0.05) is 68.9 Å².